The molecule has 162 valence electrons. The molecule has 1 amide bonds. The van der Waals surface area contributed by atoms with Gasteiger partial charge in [-0.3, -0.25) is 19.7 Å². The summed E-state index contributed by atoms with van der Waals surface area (Å²) >= 11 is 0. The molecule has 0 aliphatic carbocycles. The summed E-state index contributed by atoms with van der Waals surface area (Å²) in [6.07, 6.45) is 0. The van der Waals surface area contributed by atoms with Crippen LogP contribution in [0.5, 0.6) is 0 Å². The Hall–Kier alpha value is -3.63. The highest BCUT2D eigenvalue weighted by atomic mass is 19.1. The standard InChI is InChI=1S/C21H19FN2O7/c22-15-6-4-13(5-7-15)18-17(19(26)14-2-1-3-16(12-14)24(29)30)20(27)21(28)23(18)8-10-31-11-9-25/h1-7,12,18,25-26H,8-11H2/b19-17+. The number of nitro benzene ring substituents is 1. The van der Waals surface area contributed by atoms with Crippen LogP contribution in [-0.2, 0) is 14.3 Å². The Morgan fingerprint density at radius 2 is 1.87 bits per heavy atom. The largest absolute Gasteiger partial charge is 0.507 e. The molecule has 2 aromatic carbocycles. The number of non-ortho nitro benzene ring substituents is 1. The summed E-state index contributed by atoms with van der Waals surface area (Å²) in [5, 5.41) is 30.7. The van der Waals surface area contributed by atoms with Crippen LogP contribution < -0.4 is 0 Å². The lowest BCUT2D eigenvalue weighted by molar-refractivity contribution is -0.384. The van der Waals surface area contributed by atoms with Crippen molar-refractivity contribution in [3.63, 3.8) is 0 Å². The first-order valence-corrected chi connectivity index (χ1v) is 9.32. The summed E-state index contributed by atoms with van der Waals surface area (Å²) in [6, 6.07) is 9.08. The molecule has 0 aromatic heterocycles. The maximum absolute atomic E-state index is 13.4. The smallest absolute Gasteiger partial charge is 0.295 e. The number of likely N-dealkylation sites (tertiary alicyclic amines) is 1. The molecule has 3 rings (SSSR count). The van der Waals surface area contributed by atoms with E-state index in [1.54, 1.807) is 0 Å². The summed E-state index contributed by atoms with van der Waals surface area (Å²) in [7, 11) is 0. The zero-order valence-electron chi connectivity index (χ0n) is 16.2. The summed E-state index contributed by atoms with van der Waals surface area (Å²) in [4.78, 5) is 37.1. The number of aliphatic hydroxyl groups excluding tert-OH is 2. The Labute approximate surface area is 176 Å². The number of nitrogens with zero attached hydrogens (tertiary/aromatic N) is 2. The lowest BCUT2D eigenvalue weighted by Gasteiger charge is -2.25. The number of carbonyl (C=O) groups is 2. The number of ketones is 1. The van der Waals surface area contributed by atoms with E-state index in [4.69, 9.17) is 9.84 Å². The van der Waals surface area contributed by atoms with Crippen LogP contribution in [0.1, 0.15) is 17.2 Å². The zero-order chi connectivity index (χ0) is 22.5. The highest BCUT2D eigenvalue weighted by molar-refractivity contribution is 6.46. The molecule has 1 fully saturated rings. The topological polar surface area (TPSA) is 130 Å². The van der Waals surface area contributed by atoms with Gasteiger partial charge in [-0.1, -0.05) is 24.3 Å². The minimum atomic E-state index is -1.04. The van der Waals surface area contributed by atoms with E-state index in [9.17, 15) is 29.2 Å². The molecule has 1 unspecified atom stereocenters. The third-order valence-electron chi connectivity index (χ3n) is 4.77. The second-order valence-electron chi connectivity index (χ2n) is 6.69. The first-order chi connectivity index (χ1) is 14.8. The average Bonchev–Trinajstić information content (AvgIpc) is 3.01. The second-order valence-corrected chi connectivity index (χ2v) is 6.69. The van der Waals surface area contributed by atoms with Crippen molar-refractivity contribution >= 4 is 23.1 Å². The Bertz CT molecular complexity index is 1040. The van der Waals surface area contributed by atoms with E-state index >= 15 is 0 Å². The van der Waals surface area contributed by atoms with Crippen LogP contribution in [-0.4, -0.2) is 58.1 Å². The minimum Gasteiger partial charge on any atom is -0.507 e. The Balaban J connectivity index is 2.09. The van der Waals surface area contributed by atoms with Gasteiger partial charge >= 0.3 is 0 Å². The van der Waals surface area contributed by atoms with Crippen LogP contribution in [0.25, 0.3) is 5.76 Å². The fraction of sp³-hybridized carbons (Fsp3) is 0.238. The number of amides is 1. The van der Waals surface area contributed by atoms with Gasteiger partial charge in [-0.05, 0) is 17.7 Å². The number of aliphatic hydroxyl groups is 2. The number of benzene rings is 2. The monoisotopic (exact) mass is 430 g/mol. The lowest BCUT2D eigenvalue weighted by Crippen LogP contribution is -2.33. The van der Waals surface area contributed by atoms with Crippen LogP contribution in [0.2, 0.25) is 0 Å². The molecule has 1 saturated heterocycles. The predicted octanol–water partition coefficient (Wildman–Crippen LogP) is 2.16. The van der Waals surface area contributed by atoms with Crippen molar-refractivity contribution in [1.82, 2.24) is 4.90 Å². The third-order valence-corrected chi connectivity index (χ3v) is 4.77. The van der Waals surface area contributed by atoms with E-state index in [1.165, 1.54) is 35.2 Å². The van der Waals surface area contributed by atoms with Gasteiger partial charge in [0.25, 0.3) is 17.4 Å². The van der Waals surface area contributed by atoms with E-state index < -0.39 is 34.2 Å². The number of carbonyl (C=O) groups excluding carboxylic acids is 2. The Kier molecular flexibility index (Phi) is 6.73. The van der Waals surface area contributed by atoms with E-state index in [2.05, 4.69) is 0 Å². The quantitative estimate of drug-likeness (QED) is 0.164. The van der Waals surface area contributed by atoms with Crippen LogP contribution in [0.15, 0.2) is 54.1 Å². The molecule has 31 heavy (non-hydrogen) atoms. The van der Waals surface area contributed by atoms with E-state index in [1.807, 2.05) is 0 Å². The molecule has 9 nitrogen and oxygen atoms in total. The third kappa shape index (κ3) is 4.60. The van der Waals surface area contributed by atoms with Gasteiger partial charge in [0.1, 0.15) is 11.6 Å². The molecule has 2 N–H and O–H groups in total. The average molecular weight is 430 g/mol. The summed E-state index contributed by atoms with van der Waals surface area (Å²) < 4.78 is 18.6. The Morgan fingerprint density at radius 1 is 1.16 bits per heavy atom. The first-order valence-electron chi connectivity index (χ1n) is 9.32. The van der Waals surface area contributed by atoms with Crippen molar-refractivity contribution in [2.75, 3.05) is 26.4 Å². The molecule has 0 saturated carbocycles. The van der Waals surface area contributed by atoms with E-state index in [0.717, 1.165) is 18.2 Å². The number of halogens is 1. The van der Waals surface area contributed by atoms with Gasteiger partial charge in [-0.25, -0.2) is 4.39 Å². The van der Waals surface area contributed by atoms with Gasteiger partial charge in [0.2, 0.25) is 0 Å². The number of ether oxygens (including phenoxy) is 1. The lowest BCUT2D eigenvalue weighted by atomic mass is 9.95. The van der Waals surface area contributed by atoms with E-state index in [0.29, 0.717) is 5.56 Å². The molecule has 0 spiro atoms. The predicted molar refractivity (Wildman–Crippen MR) is 106 cm³/mol. The van der Waals surface area contributed by atoms with Gasteiger partial charge in [-0.15, -0.1) is 0 Å². The SMILES string of the molecule is O=C1C(=O)N(CCOCCO)C(c2ccc(F)cc2)/C1=C(\O)c1cccc([N+](=O)[O-])c1. The Morgan fingerprint density at radius 3 is 2.52 bits per heavy atom. The number of nitro groups is 1. The highest BCUT2D eigenvalue weighted by Crippen LogP contribution is 2.39. The van der Waals surface area contributed by atoms with Crippen LogP contribution in [0.4, 0.5) is 10.1 Å². The van der Waals surface area contributed by atoms with Crippen molar-refractivity contribution in [2.45, 2.75) is 6.04 Å². The van der Waals surface area contributed by atoms with Crippen LogP contribution in [0.3, 0.4) is 0 Å². The molecule has 10 heteroatoms. The summed E-state index contributed by atoms with van der Waals surface area (Å²) in [6.45, 7) is -0.188. The van der Waals surface area contributed by atoms with Crippen molar-refractivity contribution in [3.8, 4) is 0 Å². The molecular weight excluding hydrogens is 411 g/mol. The minimum absolute atomic E-state index is 0.00385. The summed E-state index contributed by atoms with van der Waals surface area (Å²) in [5.41, 5.74) is -0.196. The number of hydrogen-bond acceptors (Lipinski definition) is 7. The van der Waals surface area contributed by atoms with Crippen molar-refractivity contribution in [2.24, 2.45) is 0 Å². The maximum Gasteiger partial charge on any atom is 0.295 e. The van der Waals surface area contributed by atoms with Crippen LogP contribution >= 0.6 is 0 Å². The first kappa shape index (κ1) is 22.1. The number of rotatable bonds is 8. The molecule has 1 heterocycles. The van der Waals surface area contributed by atoms with Crippen LogP contribution in [0, 0.1) is 15.9 Å². The molecule has 1 atom stereocenters. The second kappa shape index (κ2) is 9.45. The number of Topliss-reactive ketones (excluding diaryl/α,β-unsaturated/α-hetero) is 1. The van der Waals surface area contributed by atoms with E-state index in [-0.39, 0.29) is 43.2 Å². The summed E-state index contributed by atoms with van der Waals surface area (Å²) in [5.74, 6) is -2.96. The van der Waals surface area contributed by atoms with Gasteiger partial charge in [0.05, 0.1) is 36.4 Å². The van der Waals surface area contributed by atoms with Gasteiger partial charge < -0.3 is 19.8 Å². The van der Waals surface area contributed by atoms with Crippen molar-refractivity contribution in [1.29, 1.82) is 0 Å². The number of hydrogen-bond donors (Lipinski definition) is 2. The maximum atomic E-state index is 13.4. The fourth-order valence-corrected chi connectivity index (χ4v) is 3.35. The molecule has 2 aromatic rings. The van der Waals surface area contributed by atoms with Gasteiger partial charge in [0, 0.05) is 24.2 Å². The molecule has 0 radical (unpaired) electrons. The molecule has 1 aliphatic heterocycles. The molecule has 1 aliphatic rings. The van der Waals surface area contributed by atoms with Gasteiger partial charge in [0.15, 0.2) is 0 Å². The normalized spacial score (nSPS) is 17.9. The molecule has 0 bridgehead atoms. The van der Waals surface area contributed by atoms with Gasteiger partial charge in [-0.2, -0.15) is 0 Å². The van der Waals surface area contributed by atoms with Crippen molar-refractivity contribution < 1.29 is 33.9 Å². The van der Waals surface area contributed by atoms with Crippen molar-refractivity contribution in [3.05, 3.63) is 81.2 Å². The highest BCUT2D eigenvalue weighted by Gasteiger charge is 2.46. The molecular formula is C21H19FN2O7. The zero-order valence-corrected chi connectivity index (χ0v) is 16.2. The fourth-order valence-electron chi connectivity index (χ4n) is 3.35.